The molecule has 7 nitrogen and oxygen atoms in total. The van der Waals surface area contributed by atoms with E-state index in [0.717, 1.165) is 5.56 Å². The van der Waals surface area contributed by atoms with Crippen molar-refractivity contribution in [1.29, 1.82) is 0 Å². The lowest BCUT2D eigenvalue weighted by Crippen LogP contribution is -2.44. The number of hydrogen-bond donors (Lipinski definition) is 1. The third-order valence-electron chi connectivity index (χ3n) is 4.74. The maximum absolute atomic E-state index is 12.9. The Balaban J connectivity index is 1.45. The van der Waals surface area contributed by atoms with Crippen LogP contribution in [0.4, 0.5) is 4.79 Å². The van der Waals surface area contributed by atoms with Gasteiger partial charge in [-0.1, -0.05) is 35.5 Å². The summed E-state index contributed by atoms with van der Waals surface area (Å²) < 4.78 is 10.5. The number of furan rings is 1. The highest BCUT2D eigenvalue weighted by molar-refractivity contribution is 6.06. The predicted molar refractivity (Wildman–Crippen MR) is 96.5 cm³/mol. The molecule has 0 bridgehead atoms. The topological polar surface area (TPSA) is 88.6 Å². The van der Waals surface area contributed by atoms with Crippen LogP contribution >= 0.6 is 0 Å². The maximum atomic E-state index is 12.9. The molecule has 1 fully saturated rings. The van der Waals surface area contributed by atoms with Gasteiger partial charge in [-0.2, -0.15) is 0 Å². The summed E-state index contributed by atoms with van der Waals surface area (Å²) in [6, 6.07) is 14.6. The highest BCUT2D eigenvalue weighted by Gasteiger charge is 2.47. The van der Waals surface area contributed by atoms with E-state index in [0.29, 0.717) is 30.1 Å². The second-order valence-electron chi connectivity index (χ2n) is 6.80. The Morgan fingerprint density at radius 1 is 1.11 bits per heavy atom. The summed E-state index contributed by atoms with van der Waals surface area (Å²) in [7, 11) is 0. The van der Waals surface area contributed by atoms with Crippen molar-refractivity contribution in [1.82, 2.24) is 15.4 Å². The van der Waals surface area contributed by atoms with Crippen LogP contribution < -0.4 is 5.32 Å². The Kier molecular flexibility index (Phi) is 4.27. The molecule has 0 radical (unpaired) electrons. The molecule has 1 N–H and O–H groups in total. The van der Waals surface area contributed by atoms with Crippen molar-refractivity contribution in [3.05, 3.63) is 66.1 Å². The fourth-order valence-corrected chi connectivity index (χ4v) is 3.18. The molecule has 3 amide bonds. The molecule has 7 heteroatoms. The molecule has 1 aliphatic heterocycles. The first-order valence-electron chi connectivity index (χ1n) is 8.73. The smallest absolute Gasteiger partial charge is 0.325 e. The molecule has 3 heterocycles. The molecule has 138 valence electrons. The summed E-state index contributed by atoms with van der Waals surface area (Å²) >= 11 is 0. The van der Waals surface area contributed by atoms with Gasteiger partial charge in [-0.15, -0.1) is 0 Å². The monoisotopic (exact) mass is 365 g/mol. The van der Waals surface area contributed by atoms with Crippen LogP contribution in [0.1, 0.15) is 24.6 Å². The van der Waals surface area contributed by atoms with Gasteiger partial charge < -0.3 is 14.3 Å². The van der Waals surface area contributed by atoms with Crippen LogP contribution in [0.3, 0.4) is 0 Å². The van der Waals surface area contributed by atoms with Gasteiger partial charge in [-0.25, -0.2) is 4.79 Å². The Bertz CT molecular complexity index is 949. The van der Waals surface area contributed by atoms with E-state index in [-0.39, 0.29) is 12.5 Å². The zero-order valence-electron chi connectivity index (χ0n) is 14.8. The lowest BCUT2D eigenvalue weighted by Gasteiger charge is -2.21. The molecule has 0 unspecified atom stereocenters. The van der Waals surface area contributed by atoms with Gasteiger partial charge in [0.1, 0.15) is 11.2 Å². The minimum absolute atomic E-state index is 0.0514. The third-order valence-corrected chi connectivity index (χ3v) is 4.74. The number of rotatable bonds is 6. The van der Waals surface area contributed by atoms with Gasteiger partial charge in [0.25, 0.3) is 5.91 Å². The van der Waals surface area contributed by atoms with Crippen LogP contribution in [0, 0.1) is 0 Å². The molecule has 1 atom stereocenters. The summed E-state index contributed by atoms with van der Waals surface area (Å²) in [4.78, 5) is 26.4. The molecule has 3 aromatic rings. The summed E-state index contributed by atoms with van der Waals surface area (Å²) in [5.74, 6) is 0.735. The van der Waals surface area contributed by atoms with Crippen molar-refractivity contribution in [2.24, 2.45) is 0 Å². The lowest BCUT2D eigenvalue weighted by molar-refractivity contribution is -0.131. The molecular weight excluding hydrogens is 346 g/mol. The number of aryl methyl sites for hydroxylation is 1. The fraction of sp³-hybridized carbons (Fsp3) is 0.250. The first kappa shape index (κ1) is 17.1. The summed E-state index contributed by atoms with van der Waals surface area (Å²) in [5.41, 5.74) is 0.677. The Morgan fingerprint density at radius 2 is 1.93 bits per heavy atom. The third kappa shape index (κ3) is 3.36. The molecule has 2 aromatic heterocycles. The van der Waals surface area contributed by atoms with Gasteiger partial charge in [0.2, 0.25) is 5.76 Å². The van der Waals surface area contributed by atoms with Crippen LogP contribution in [-0.2, 0) is 17.8 Å². The van der Waals surface area contributed by atoms with E-state index in [4.69, 9.17) is 8.94 Å². The number of nitrogens with one attached hydrogen (secondary N) is 1. The normalized spacial score (nSPS) is 19.5. The summed E-state index contributed by atoms with van der Waals surface area (Å²) in [6.45, 7) is 1.81. The quantitative estimate of drug-likeness (QED) is 0.677. The molecular formula is C20H19N3O4. The van der Waals surface area contributed by atoms with Gasteiger partial charge >= 0.3 is 6.03 Å². The minimum Gasteiger partial charge on any atom is -0.461 e. The molecule has 1 aliphatic rings. The van der Waals surface area contributed by atoms with Crippen LogP contribution in [0.15, 0.2) is 63.7 Å². The Morgan fingerprint density at radius 3 is 2.67 bits per heavy atom. The second-order valence-corrected chi connectivity index (χ2v) is 6.80. The molecule has 0 aliphatic carbocycles. The number of amides is 3. The summed E-state index contributed by atoms with van der Waals surface area (Å²) in [6.07, 6.45) is 2.76. The number of hydrogen-bond acceptors (Lipinski definition) is 5. The van der Waals surface area contributed by atoms with Gasteiger partial charge in [0, 0.05) is 6.07 Å². The fourth-order valence-electron chi connectivity index (χ4n) is 3.18. The average Bonchev–Trinajstić information content (AvgIpc) is 3.39. The second kappa shape index (κ2) is 6.75. The SMILES string of the molecule is C[C@@]1(CCc2ccccc2)NC(=O)N(Cc2cc(-c3ccco3)on2)C1=O. The number of nitrogens with zero attached hydrogens (tertiary/aromatic N) is 2. The minimum atomic E-state index is -0.930. The van der Waals surface area contributed by atoms with E-state index in [1.807, 2.05) is 30.3 Å². The van der Waals surface area contributed by atoms with Crippen LogP contribution in [0.5, 0.6) is 0 Å². The van der Waals surface area contributed by atoms with Crippen LogP contribution in [-0.4, -0.2) is 27.5 Å². The molecule has 0 spiro atoms. The van der Waals surface area contributed by atoms with Crippen molar-refractivity contribution in [3.8, 4) is 11.5 Å². The van der Waals surface area contributed by atoms with E-state index < -0.39 is 11.6 Å². The first-order valence-corrected chi connectivity index (χ1v) is 8.73. The van der Waals surface area contributed by atoms with Crippen LogP contribution in [0.25, 0.3) is 11.5 Å². The Labute approximate surface area is 155 Å². The van der Waals surface area contributed by atoms with E-state index in [2.05, 4.69) is 10.5 Å². The van der Waals surface area contributed by atoms with Crippen molar-refractivity contribution in [2.45, 2.75) is 31.8 Å². The molecule has 1 aromatic carbocycles. The highest BCUT2D eigenvalue weighted by atomic mass is 16.5. The molecule has 4 rings (SSSR count). The van der Waals surface area contributed by atoms with Crippen molar-refractivity contribution < 1.29 is 18.5 Å². The summed E-state index contributed by atoms with van der Waals surface area (Å²) in [5, 5.41) is 6.75. The number of carbonyl (C=O) groups excluding carboxylic acids is 2. The zero-order chi connectivity index (χ0) is 18.9. The average molecular weight is 365 g/mol. The van der Waals surface area contributed by atoms with Crippen molar-refractivity contribution >= 4 is 11.9 Å². The van der Waals surface area contributed by atoms with E-state index in [1.54, 1.807) is 25.1 Å². The predicted octanol–water partition coefficient (Wildman–Crippen LogP) is 3.38. The number of aromatic nitrogens is 1. The van der Waals surface area contributed by atoms with Crippen LogP contribution in [0.2, 0.25) is 0 Å². The van der Waals surface area contributed by atoms with Gasteiger partial charge in [-0.3, -0.25) is 9.69 Å². The van der Waals surface area contributed by atoms with Crippen molar-refractivity contribution in [3.63, 3.8) is 0 Å². The first-order chi connectivity index (χ1) is 13.0. The zero-order valence-corrected chi connectivity index (χ0v) is 14.8. The van der Waals surface area contributed by atoms with Gasteiger partial charge in [-0.05, 0) is 37.5 Å². The largest absolute Gasteiger partial charge is 0.461 e. The standard InChI is InChI=1S/C20H19N3O4/c1-20(10-9-14-6-3-2-4-7-14)18(24)23(19(25)21-20)13-15-12-17(27-22-15)16-8-5-11-26-16/h2-8,11-12H,9-10,13H2,1H3,(H,21,25)/t20-/m0/s1. The van der Waals surface area contributed by atoms with Gasteiger partial charge in [0.05, 0.1) is 12.8 Å². The number of carbonyl (C=O) groups is 2. The van der Waals surface area contributed by atoms with E-state index in [1.165, 1.54) is 11.2 Å². The molecule has 27 heavy (non-hydrogen) atoms. The van der Waals surface area contributed by atoms with Gasteiger partial charge in [0.15, 0.2) is 5.76 Å². The van der Waals surface area contributed by atoms with E-state index >= 15 is 0 Å². The highest BCUT2D eigenvalue weighted by Crippen LogP contribution is 2.26. The number of imide groups is 1. The molecule has 1 saturated heterocycles. The molecule has 0 saturated carbocycles. The van der Waals surface area contributed by atoms with E-state index in [9.17, 15) is 9.59 Å². The van der Waals surface area contributed by atoms with Crippen molar-refractivity contribution in [2.75, 3.05) is 0 Å². The number of urea groups is 1. The maximum Gasteiger partial charge on any atom is 0.325 e. The Hall–Kier alpha value is -3.35. The number of benzene rings is 1. The lowest BCUT2D eigenvalue weighted by atomic mass is 9.93.